The Morgan fingerprint density at radius 3 is 2.36 bits per heavy atom. The van der Waals surface area contributed by atoms with Crippen LogP contribution in [0.1, 0.15) is 4.88 Å². The largest absolute Gasteiger partial charge is 0.349 e. The third-order valence-electron chi connectivity index (χ3n) is 1.76. The van der Waals surface area contributed by atoms with Crippen molar-refractivity contribution in [1.29, 1.82) is 0 Å². The van der Waals surface area contributed by atoms with Crippen LogP contribution in [0.5, 0.6) is 0 Å². The quantitative estimate of drug-likeness (QED) is 0.548. The Bertz CT molecular complexity index is 278. The highest BCUT2D eigenvalue weighted by Crippen LogP contribution is 2.09. The molecule has 0 aromatic carbocycles. The zero-order chi connectivity index (χ0) is 10.6. The van der Waals surface area contributed by atoms with Gasteiger partial charge in [0.05, 0.1) is 6.54 Å². The topological polar surface area (TPSA) is 18.8 Å². The summed E-state index contributed by atoms with van der Waals surface area (Å²) in [5.41, 5.74) is 0. The van der Waals surface area contributed by atoms with Crippen LogP contribution >= 0.6 is 11.3 Å². The van der Waals surface area contributed by atoms with Gasteiger partial charge in [0.1, 0.15) is 0 Å². The Kier molecular flexibility index (Phi) is 3.95. The number of thiophene rings is 1. The van der Waals surface area contributed by atoms with Crippen LogP contribution in [0.3, 0.4) is 0 Å². The molecular formula is C10H17N3S. The molecule has 1 rings (SSSR count). The van der Waals surface area contributed by atoms with Crippen LogP contribution in [0.25, 0.3) is 0 Å². The van der Waals surface area contributed by atoms with Crippen molar-refractivity contribution in [2.75, 3.05) is 28.2 Å². The second-order valence-electron chi connectivity index (χ2n) is 3.48. The highest BCUT2D eigenvalue weighted by Gasteiger charge is 2.03. The van der Waals surface area contributed by atoms with Gasteiger partial charge in [-0.1, -0.05) is 6.07 Å². The lowest BCUT2D eigenvalue weighted by atomic mass is 10.5. The molecule has 0 aliphatic carbocycles. The van der Waals surface area contributed by atoms with Crippen LogP contribution in [0, 0.1) is 0 Å². The third-order valence-corrected chi connectivity index (χ3v) is 2.62. The summed E-state index contributed by atoms with van der Waals surface area (Å²) in [6.45, 7) is 0.767. The first-order valence-electron chi connectivity index (χ1n) is 4.52. The van der Waals surface area contributed by atoms with E-state index in [4.69, 9.17) is 0 Å². The maximum absolute atomic E-state index is 4.54. The Morgan fingerprint density at radius 1 is 1.29 bits per heavy atom. The molecule has 0 saturated carbocycles. The average Bonchev–Trinajstić information content (AvgIpc) is 2.55. The van der Waals surface area contributed by atoms with Crippen LogP contribution < -0.4 is 0 Å². The van der Waals surface area contributed by atoms with Crippen molar-refractivity contribution >= 4 is 17.3 Å². The van der Waals surface area contributed by atoms with Crippen molar-refractivity contribution in [3.8, 4) is 0 Å². The summed E-state index contributed by atoms with van der Waals surface area (Å²) >= 11 is 1.74. The molecular weight excluding hydrogens is 194 g/mol. The molecule has 0 atom stereocenters. The van der Waals surface area contributed by atoms with Crippen molar-refractivity contribution in [1.82, 2.24) is 9.80 Å². The summed E-state index contributed by atoms with van der Waals surface area (Å²) in [4.78, 5) is 9.88. The minimum Gasteiger partial charge on any atom is -0.349 e. The van der Waals surface area contributed by atoms with Crippen molar-refractivity contribution < 1.29 is 0 Å². The van der Waals surface area contributed by atoms with Crippen molar-refractivity contribution in [3.63, 3.8) is 0 Å². The van der Waals surface area contributed by atoms with E-state index in [9.17, 15) is 0 Å². The number of nitrogens with zero attached hydrogens (tertiary/aromatic N) is 3. The van der Waals surface area contributed by atoms with Gasteiger partial charge in [-0.2, -0.15) is 0 Å². The summed E-state index contributed by atoms with van der Waals surface area (Å²) < 4.78 is 0. The molecule has 78 valence electrons. The lowest BCUT2D eigenvalue weighted by molar-refractivity contribution is 0.479. The molecule has 0 fully saturated rings. The maximum Gasteiger partial charge on any atom is 0.195 e. The predicted octanol–water partition coefficient (Wildman–Crippen LogP) is 1.73. The first-order valence-corrected chi connectivity index (χ1v) is 5.40. The van der Waals surface area contributed by atoms with Gasteiger partial charge in [-0.15, -0.1) is 11.3 Å². The van der Waals surface area contributed by atoms with E-state index < -0.39 is 0 Å². The van der Waals surface area contributed by atoms with E-state index in [1.165, 1.54) is 4.88 Å². The molecule has 0 N–H and O–H groups in total. The fraction of sp³-hybridized carbons (Fsp3) is 0.500. The van der Waals surface area contributed by atoms with E-state index in [-0.39, 0.29) is 0 Å². The summed E-state index contributed by atoms with van der Waals surface area (Å²) in [6, 6.07) is 4.16. The Labute approximate surface area is 89.7 Å². The van der Waals surface area contributed by atoms with Crippen LogP contribution in [-0.4, -0.2) is 44.0 Å². The number of aliphatic imine (C=N–C) groups is 1. The Morgan fingerprint density at radius 2 is 1.93 bits per heavy atom. The van der Waals surface area contributed by atoms with Crippen LogP contribution in [0.15, 0.2) is 22.5 Å². The summed E-state index contributed by atoms with van der Waals surface area (Å²) in [5.74, 6) is 0.999. The lowest BCUT2D eigenvalue weighted by Gasteiger charge is -2.22. The normalized spacial score (nSPS) is 9.71. The van der Waals surface area contributed by atoms with Gasteiger partial charge in [0, 0.05) is 33.1 Å². The van der Waals surface area contributed by atoms with Gasteiger partial charge >= 0.3 is 0 Å². The van der Waals surface area contributed by atoms with E-state index in [0.29, 0.717) is 0 Å². The maximum atomic E-state index is 4.54. The summed E-state index contributed by atoms with van der Waals surface area (Å²) in [6.07, 6.45) is 0. The van der Waals surface area contributed by atoms with Gasteiger partial charge in [-0.25, -0.2) is 4.99 Å². The second kappa shape index (κ2) is 5.00. The van der Waals surface area contributed by atoms with Crippen LogP contribution in [0.4, 0.5) is 0 Å². The molecule has 0 radical (unpaired) electrons. The fourth-order valence-corrected chi connectivity index (χ4v) is 1.86. The molecule has 0 bridgehead atoms. The van der Waals surface area contributed by atoms with Gasteiger partial charge in [0.25, 0.3) is 0 Å². The zero-order valence-electron chi connectivity index (χ0n) is 9.19. The minimum absolute atomic E-state index is 0.767. The van der Waals surface area contributed by atoms with Gasteiger partial charge < -0.3 is 9.80 Å². The molecule has 1 aromatic rings. The monoisotopic (exact) mass is 211 g/mol. The van der Waals surface area contributed by atoms with Crippen LogP contribution in [-0.2, 0) is 6.54 Å². The van der Waals surface area contributed by atoms with E-state index in [0.717, 1.165) is 12.5 Å². The molecule has 0 aliphatic rings. The molecule has 1 heterocycles. The molecule has 3 nitrogen and oxygen atoms in total. The third kappa shape index (κ3) is 3.03. The molecule has 0 spiro atoms. The molecule has 1 aromatic heterocycles. The number of guanidine groups is 1. The molecule has 4 heteroatoms. The first-order chi connectivity index (χ1) is 6.61. The van der Waals surface area contributed by atoms with E-state index >= 15 is 0 Å². The molecule has 0 saturated heterocycles. The van der Waals surface area contributed by atoms with Gasteiger partial charge in [0.15, 0.2) is 5.96 Å². The minimum atomic E-state index is 0.767. The van der Waals surface area contributed by atoms with E-state index in [1.54, 1.807) is 11.3 Å². The fourth-order valence-electron chi connectivity index (χ4n) is 1.23. The molecule has 14 heavy (non-hydrogen) atoms. The molecule has 0 amide bonds. The van der Waals surface area contributed by atoms with E-state index in [2.05, 4.69) is 22.5 Å². The van der Waals surface area contributed by atoms with Crippen molar-refractivity contribution in [3.05, 3.63) is 22.4 Å². The Hall–Kier alpha value is -1.03. The van der Waals surface area contributed by atoms with Gasteiger partial charge in [0.2, 0.25) is 0 Å². The first kappa shape index (κ1) is 11.0. The standard InChI is InChI=1S/C10H17N3S/c1-12(2)10(13(3)4)11-8-9-6-5-7-14-9/h5-7H,8H2,1-4H3. The van der Waals surface area contributed by atoms with Crippen molar-refractivity contribution in [2.45, 2.75) is 6.54 Å². The Balaban J connectivity index is 2.65. The highest BCUT2D eigenvalue weighted by molar-refractivity contribution is 7.09. The number of rotatable bonds is 2. The smallest absolute Gasteiger partial charge is 0.195 e. The zero-order valence-corrected chi connectivity index (χ0v) is 10.0. The lowest BCUT2D eigenvalue weighted by Crippen LogP contribution is -2.35. The van der Waals surface area contributed by atoms with Gasteiger partial charge in [-0.3, -0.25) is 0 Å². The van der Waals surface area contributed by atoms with Gasteiger partial charge in [-0.05, 0) is 11.4 Å². The number of hydrogen-bond donors (Lipinski definition) is 0. The van der Waals surface area contributed by atoms with Crippen molar-refractivity contribution in [2.24, 2.45) is 4.99 Å². The summed E-state index contributed by atoms with van der Waals surface area (Å²) in [5, 5.41) is 2.08. The van der Waals surface area contributed by atoms with Crippen LogP contribution in [0.2, 0.25) is 0 Å². The number of hydrogen-bond acceptors (Lipinski definition) is 2. The highest BCUT2D eigenvalue weighted by atomic mass is 32.1. The summed E-state index contributed by atoms with van der Waals surface area (Å²) in [7, 11) is 8.03. The second-order valence-corrected chi connectivity index (χ2v) is 4.52. The molecule has 0 unspecified atom stereocenters. The molecule has 0 aliphatic heterocycles. The average molecular weight is 211 g/mol. The van der Waals surface area contributed by atoms with E-state index in [1.807, 2.05) is 38.0 Å². The predicted molar refractivity (Wildman–Crippen MR) is 62.8 cm³/mol. The SMILES string of the molecule is CN(C)C(=NCc1cccs1)N(C)C.